The standard InChI is InChI=1S/C26H25NO6S/c1-17(2)4-10-20-22(29)14-23(32-3)25(26(20)31)21(28)11-7-18-5-8-19(9-6-18)33-24(30)15-27-12-13-34-16-27/h4-9,11-14,16H,10,15H2,1-3H3,(H-,28,29,31)/p+1/b11-7+. The number of methoxy groups -OCH3 is 1. The Hall–Kier alpha value is -3.91. The third-order valence-electron chi connectivity index (χ3n) is 4.90. The maximum Gasteiger partial charge on any atom is 0.378 e. The summed E-state index contributed by atoms with van der Waals surface area (Å²) in [5.74, 6) is -0.844. The van der Waals surface area contributed by atoms with Gasteiger partial charge in [-0.2, -0.15) is 4.57 Å². The van der Waals surface area contributed by atoms with E-state index in [1.165, 1.54) is 30.6 Å². The molecular weight excluding hydrogens is 454 g/mol. The molecule has 0 atom stereocenters. The summed E-state index contributed by atoms with van der Waals surface area (Å²) < 4.78 is 12.3. The highest BCUT2D eigenvalue weighted by molar-refractivity contribution is 7.07. The number of carbonyl (C=O) groups excluding carboxylic acids is 2. The number of phenolic OH excluding ortho intramolecular Hbond substituents is 2. The molecule has 2 aromatic carbocycles. The van der Waals surface area contributed by atoms with Crippen molar-refractivity contribution in [1.82, 2.24) is 0 Å². The second-order valence-corrected chi connectivity index (χ2v) is 8.48. The van der Waals surface area contributed by atoms with Crippen molar-refractivity contribution < 1.29 is 33.8 Å². The fourth-order valence-electron chi connectivity index (χ4n) is 3.15. The first-order chi connectivity index (χ1) is 16.3. The molecule has 0 bridgehead atoms. The van der Waals surface area contributed by atoms with Gasteiger partial charge >= 0.3 is 5.97 Å². The second-order valence-electron chi connectivity index (χ2n) is 7.73. The summed E-state index contributed by atoms with van der Waals surface area (Å²) in [6, 6.07) is 8.01. The van der Waals surface area contributed by atoms with E-state index in [0.29, 0.717) is 11.3 Å². The van der Waals surface area contributed by atoms with Gasteiger partial charge in [0.1, 0.15) is 28.6 Å². The van der Waals surface area contributed by atoms with Gasteiger partial charge in [0.25, 0.3) is 0 Å². The van der Waals surface area contributed by atoms with Gasteiger partial charge in [-0.05, 0) is 44.0 Å². The second kappa shape index (κ2) is 11.3. The summed E-state index contributed by atoms with van der Waals surface area (Å²) in [6.45, 7) is 3.93. The number of esters is 1. The zero-order valence-corrected chi connectivity index (χ0v) is 20.0. The number of benzene rings is 2. The SMILES string of the molecule is COc1cc(O)c(CC=C(C)C)c(O)c1C(=O)/C=C/c1ccc(OC(=O)C[n+]2ccsc2)cc1. The van der Waals surface area contributed by atoms with Crippen molar-refractivity contribution in [3.05, 3.63) is 81.8 Å². The Labute approximate surface area is 201 Å². The average Bonchev–Trinajstić information content (AvgIpc) is 3.30. The summed E-state index contributed by atoms with van der Waals surface area (Å²) in [7, 11) is 1.36. The summed E-state index contributed by atoms with van der Waals surface area (Å²) in [4.78, 5) is 24.9. The van der Waals surface area contributed by atoms with Crippen molar-refractivity contribution in [2.75, 3.05) is 7.11 Å². The normalized spacial score (nSPS) is 10.8. The largest absolute Gasteiger partial charge is 0.507 e. The first kappa shape index (κ1) is 24.7. The number of aromatic hydroxyl groups is 2. The molecule has 3 rings (SSSR count). The van der Waals surface area contributed by atoms with Gasteiger partial charge in [-0.15, -0.1) is 0 Å². The maximum absolute atomic E-state index is 12.9. The van der Waals surface area contributed by atoms with Crippen LogP contribution < -0.4 is 14.0 Å². The van der Waals surface area contributed by atoms with Crippen molar-refractivity contribution in [3.8, 4) is 23.0 Å². The molecule has 0 aliphatic heterocycles. The molecule has 8 heteroatoms. The third kappa shape index (κ3) is 6.32. The maximum atomic E-state index is 12.9. The van der Waals surface area contributed by atoms with Crippen LogP contribution in [0.25, 0.3) is 6.08 Å². The predicted molar refractivity (Wildman–Crippen MR) is 129 cm³/mol. The number of hydrogen-bond acceptors (Lipinski definition) is 7. The number of ether oxygens (including phenoxy) is 2. The minimum absolute atomic E-state index is 0.0230. The van der Waals surface area contributed by atoms with E-state index < -0.39 is 5.78 Å². The van der Waals surface area contributed by atoms with Gasteiger partial charge in [-0.1, -0.05) is 41.2 Å². The number of rotatable bonds is 9. The van der Waals surface area contributed by atoms with Crippen LogP contribution in [-0.2, 0) is 17.8 Å². The molecule has 0 radical (unpaired) electrons. The smallest absolute Gasteiger partial charge is 0.378 e. The van der Waals surface area contributed by atoms with Gasteiger partial charge in [0.15, 0.2) is 12.0 Å². The van der Waals surface area contributed by atoms with Crippen LogP contribution in [0.15, 0.2) is 65.1 Å². The fourth-order valence-corrected chi connectivity index (χ4v) is 3.74. The lowest BCUT2D eigenvalue weighted by Gasteiger charge is -2.13. The van der Waals surface area contributed by atoms with E-state index in [2.05, 4.69) is 0 Å². The van der Waals surface area contributed by atoms with Gasteiger partial charge in [0.05, 0.1) is 12.5 Å². The Kier molecular flexibility index (Phi) is 8.21. The van der Waals surface area contributed by atoms with Crippen LogP contribution in [0.3, 0.4) is 0 Å². The molecule has 1 heterocycles. The zero-order chi connectivity index (χ0) is 24.7. The van der Waals surface area contributed by atoms with Crippen LogP contribution >= 0.6 is 11.3 Å². The fraction of sp³-hybridized carbons (Fsp3) is 0.192. The van der Waals surface area contributed by atoms with E-state index in [1.54, 1.807) is 41.1 Å². The molecule has 176 valence electrons. The van der Waals surface area contributed by atoms with Gasteiger partial charge in [0.2, 0.25) is 12.1 Å². The number of phenols is 2. The molecule has 7 nitrogen and oxygen atoms in total. The highest BCUT2D eigenvalue weighted by Gasteiger charge is 2.22. The topological polar surface area (TPSA) is 96.9 Å². The van der Waals surface area contributed by atoms with Crippen LogP contribution in [0, 0.1) is 0 Å². The molecule has 0 unspecified atom stereocenters. The van der Waals surface area contributed by atoms with Crippen molar-refractivity contribution in [2.24, 2.45) is 0 Å². The molecule has 0 saturated heterocycles. The molecule has 1 aromatic heterocycles. The molecule has 0 spiro atoms. The summed E-state index contributed by atoms with van der Waals surface area (Å²) >= 11 is 1.49. The number of ketones is 1. The minimum Gasteiger partial charge on any atom is -0.507 e. The van der Waals surface area contributed by atoms with Crippen molar-refractivity contribution >= 4 is 29.2 Å². The number of hydrogen-bond donors (Lipinski definition) is 2. The Morgan fingerprint density at radius 3 is 2.50 bits per heavy atom. The highest BCUT2D eigenvalue weighted by atomic mass is 32.1. The summed E-state index contributed by atoms with van der Waals surface area (Å²) in [5.41, 5.74) is 3.76. The van der Waals surface area contributed by atoms with Gasteiger partial charge < -0.3 is 19.7 Å². The molecule has 0 saturated carbocycles. The summed E-state index contributed by atoms with van der Waals surface area (Å²) in [5, 5.41) is 22.8. The molecule has 2 N–H and O–H groups in total. The van der Waals surface area contributed by atoms with E-state index in [0.717, 1.165) is 5.57 Å². The number of thiazole rings is 1. The van der Waals surface area contributed by atoms with Gasteiger partial charge in [0, 0.05) is 11.6 Å². The molecule has 3 aromatic rings. The van der Waals surface area contributed by atoms with Crippen molar-refractivity contribution in [3.63, 3.8) is 0 Å². The monoisotopic (exact) mass is 480 g/mol. The van der Waals surface area contributed by atoms with Crippen molar-refractivity contribution in [1.29, 1.82) is 0 Å². The van der Waals surface area contributed by atoms with E-state index in [1.807, 2.05) is 30.8 Å². The number of aromatic nitrogens is 1. The molecule has 0 fully saturated rings. The number of nitrogens with zero attached hydrogens (tertiary/aromatic N) is 1. The minimum atomic E-state index is -0.476. The summed E-state index contributed by atoms with van der Waals surface area (Å²) in [6.07, 6.45) is 6.81. The molecule has 0 amide bonds. The van der Waals surface area contributed by atoms with Crippen LogP contribution in [-0.4, -0.2) is 29.1 Å². The lowest BCUT2D eigenvalue weighted by molar-refractivity contribution is -0.680. The molecule has 0 aliphatic carbocycles. The van der Waals surface area contributed by atoms with E-state index >= 15 is 0 Å². The highest BCUT2D eigenvalue weighted by Crippen LogP contribution is 2.39. The molecule has 0 aliphatic rings. The van der Waals surface area contributed by atoms with Crippen LogP contribution in [0.1, 0.15) is 35.3 Å². The predicted octanol–water partition coefficient (Wildman–Crippen LogP) is 4.47. The van der Waals surface area contributed by atoms with E-state index in [4.69, 9.17) is 9.47 Å². The van der Waals surface area contributed by atoms with Crippen LogP contribution in [0.2, 0.25) is 0 Å². The van der Waals surface area contributed by atoms with Gasteiger partial charge in [-0.25, -0.2) is 4.79 Å². The first-order valence-corrected chi connectivity index (χ1v) is 11.4. The van der Waals surface area contributed by atoms with Gasteiger partial charge in [-0.3, -0.25) is 4.79 Å². The van der Waals surface area contributed by atoms with Crippen LogP contribution in [0.5, 0.6) is 23.0 Å². The number of allylic oxidation sites excluding steroid dienone is 3. The van der Waals surface area contributed by atoms with Crippen LogP contribution in [0.4, 0.5) is 0 Å². The first-order valence-electron chi connectivity index (χ1n) is 10.5. The van der Waals surface area contributed by atoms with E-state index in [-0.39, 0.29) is 47.3 Å². The molecule has 34 heavy (non-hydrogen) atoms. The lowest BCUT2D eigenvalue weighted by Crippen LogP contribution is -2.36. The lowest BCUT2D eigenvalue weighted by atomic mass is 9.99. The number of carbonyl (C=O) groups is 2. The molecular formula is C26H26NO6S+. The Balaban J connectivity index is 1.74. The third-order valence-corrected chi connectivity index (χ3v) is 5.58. The Bertz CT molecular complexity index is 1220. The average molecular weight is 481 g/mol. The Morgan fingerprint density at radius 1 is 1.15 bits per heavy atom. The van der Waals surface area contributed by atoms with E-state index in [9.17, 15) is 19.8 Å². The quantitative estimate of drug-likeness (QED) is 0.117. The van der Waals surface area contributed by atoms with Crippen molar-refractivity contribution in [2.45, 2.75) is 26.8 Å². The Morgan fingerprint density at radius 2 is 1.88 bits per heavy atom. The zero-order valence-electron chi connectivity index (χ0n) is 19.1.